The van der Waals surface area contributed by atoms with Gasteiger partial charge in [0, 0.05) is 10.7 Å². The number of ether oxygens (including phenoxy) is 1. The van der Waals surface area contributed by atoms with Crippen LogP contribution < -0.4 is 10.1 Å². The highest BCUT2D eigenvalue weighted by Gasteiger charge is 2.21. The van der Waals surface area contributed by atoms with Crippen LogP contribution in [0.25, 0.3) is 0 Å². The fourth-order valence-electron chi connectivity index (χ4n) is 2.26. The van der Waals surface area contributed by atoms with Crippen LogP contribution in [0.3, 0.4) is 0 Å². The quantitative estimate of drug-likeness (QED) is 0.883. The van der Waals surface area contributed by atoms with Crippen molar-refractivity contribution in [2.75, 3.05) is 18.1 Å². The summed E-state index contributed by atoms with van der Waals surface area (Å²) >= 11 is 3.42. The number of hydrogen-bond acceptors (Lipinski definition) is 4. The predicted octanol–water partition coefficient (Wildman–Crippen LogP) is 3.40. The number of halogens is 1. The summed E-state index contributed by atoms with van der Waals surface area (Å²) in [5, 5.41) is 3.32. The molecular weight excluding hydrogens is 354 g/mol. The van der Waals surface area contributed by atoms with Gasteiger partial charge in [-0.25, -0.2) is 8.42 Å². The van der Waals surface area contributed by atoms with E-state index in [2.05, 4.69) is 21.2 Å². The van der Waals surface area contributed by atoms with E-state index in [1.165, 1.54) is 6.26 Å². The minimum atomic E-state index is -3.17. The summed E-state index contributed by atoms with van der Waals surface area (Å²) in [6.07, 6.45) is 1.07. The lowest BCUT2D eigenvalue weighted by Crippen LogP contribution is -2.23. The lowest BCUT2D eigenvalue weighted by Gasteiger charge is -2.27. The summed E-state index contributed by atoms with van der Waals surface area (Å²) in [6, 6.07) is 12.6. The first-order valence-corrected chi connectivity index (χ1v) is 9.12. The molecule has 0 bridgehead atoms. The van der Waals surface area contributed by atoms with Crippen molar-refractivity contribution in [3.8, 4) is 5.75 Å². The van der Waals surface area contributed by atoms with Crippen molar-refractivity contribution in [2.45, 2.75) is 11.0 Å². The molecule has 1 unspecified atom stereocenters. The summed E-state index contributed by atoms with van der Waals surface area (Å²) in [7, 11) is -3.17. The van der Waals surface area contributed by atoms with E-state index in [0.717, 1.165) is 21.5 Å². The summed E-state index contributed by atoms with van der Waals surface area (Å²) in [6.45, 7) is 0.641. The van der Waals surface area contributed by atoms with Crippen LogP contribution in [0.5, 0.6) is 5.75 Å². The van der Waals surface area contributed by atoms with Gasteiger partial charge in [-0.15, -0.1) is 0 Å². The van der Waals surface area contributed by atoms with E-state index in [9.17, 15) is 8.42 Å². The molecule has 3 rings (SSSR count). The van der Waals surface area contributed by atoms with Crippen molar-refractivity contribution < 1.29 is 13.2 Å². The van der Waals surface area contributed by atoms with Gasteiger partial charge < -0.3 is 10.1 Å². The van der Waals surface area contributed by atoms with Crippen molar-refractivity contribution in [2.24, 2.45) is 0 Å². The van der Waals surface area contributed by atoms with E-state index in [0.29, 0.717) is 11.4 Å². The fraction of sp³-hybridized carbons (Fsp3) is 0.200. The van der Waals surface area contributed by atoms with Gasteiger partial charge in [0.2, 0.25) is 0 Å². The number of rotatable bonds is 2. The minimum Gasteiger partial charge on any atom is -0.482 e. The summed E-state index contributed by atoms with van der Waals surface area (Å²) < 4.78 is 29.9. The Morgan fingerprint density at radius 3 is 2.57 bits per heavy atom. The molecule has 0 spiro atoms. The molecule has 1 aliphatic heterocycles. The predicted molar refractivity (Wildman–Crippen MR) is 85.6 cm³/mol. The molecule has 1 heterocycles. The normalized spacial score (nSPS) is 17.5. The van der Waals surface area contributed by atoms with Crippen LogP contribution in [0.1, 0.15) is 11.7 Å². The Morgan fingerprint density at radius 1 is 1.19 bits per heavy atom. The van der Waals surface area contributed by atoms with E-state index in [1.54, 1.807) is 24.3 Å². The zero-order valence-corrected chi connectivity index (χ0v) is 13.7. The van der Waals surface area contributed by atoms with Crippen LogP contribution in [0.4, 0.5) is 5.69 Å². The maximum atomic E-state index is 11.5. The highest BCUT2D eigenvalue weighted by Crippen LogP contribution is 2.36. The molecule has 0 aromatic heterocycles. The Kier molecular flexibility index (Phi) is 3.67. The third kappa shape index (κ3) is 3.06. The zero-order chi connectivity index (χ0) is 15.0. The highest BCUT2D eigenvalue weighted by atomic mass is 79.9. The molecule has 1 aliphatic rings. The topological polar surface area (TPSA) is 55.4 Å². The van der Waals surface area contributed by atoms with Gasteiger partial charge in [0.25, 0.3) is 0 Å². The third-order valence-electron chi connectivity index (χ3n) is 3.37. The van der Waals surface area contributed by atoms with Gasteiger partial charge in [-0.05, 0) is 35.9 Å². The number of anilines is 1. The Bertz CT molecular complexity index is 772. The molecule has 110 valence electrons. The van der Waals surface area contributed by atoms with Gasteiger partial charge >= 0.3 is 0 Å². The second-order valence-corrected chi connectivity index (χ2v) is 7.90. The van der Waals surface area contributed by atoms with E-state index in [-0.39, 0.29) is 6.10 Å². The Hall–Kier alpha value is -1.53. The number of sulfone groups is 1. The van der Waals surface area contributed by atoms with Gasteiger partial charge in [0.1, 0.15) is 11.9 Å². The van der Waals surface area contributed by atoms with Crippen LogP contribution in [-0.4, -0.2) is 21.2 Å². The number of nitrogens with one attached hydrogen (secondary N) is 1. The monoisotopic (exact) mass is 367 g/mol. The molecule has 1 N–H and O–H groups in total. The first-order valence-electron chi connectivity index (χ1n) is 6.43. The molecule has 0 saturated carbocycles. The molecule has 6 heteroatoms. The van der Waals surface area contributed by atoms with E-state index >= 15 is 0 Å². The Balaban J connectivity index is 1.84. The summed E-state index contributed by atoms with van der Waals surface area (Å²) in [5.41, 5.74) is 1.90. The molecule has 2 aromatic carbocycles. The van der Waals surface area contributed by atoms with Crippen molar-refractivity contribution >= 4 is 31.5 Å². The number of fused-ring (bicyclic) bond motifs is 1. The Labute approximate surface area is 132 Å². The molecule has 0 amide bonds. The lowest BCUT2D eigenvalue weighted by atomic mass is 10.1. The second kappa shape index (κ2) is 5.35. The lowest BCUT2D eigenvalue weighted by molar-refractivity contribution is 0.210. The number of hydrogen-bond donors (Lipinski definition) is 1. The molecular formula is C15H14BrNO3S. The maximum absolute atomic E-state index is 11.5. The van der Waals surface area contributed by atoms with Crippen LogP contribution in [0.2, 0.25) is 0 Å². The molecule has 21 heavy (non-hydrogen) atoms. The van der Waals surface area contributed by atoms with Crippen LogP contribution in [-0.2, 0) is 9.84 Å². The molecule has 2 aromatic rings. The molecule has 0 fully saturated rings. The smallest absolute Gasteiger partial charge is 0.175 e. The Morgan fingerprint density at radius 2 is 1.90 bits per heavy atom. The van der Waals surface area contributed by atoms with Crippen LogP contribution in [0.15, 0.2) is 51.8 Å². The van der Waals surface area contributed by atoms with Crippen LogP contribution in [0, 0.1) is 0 Å². The minimum absolute atomic E-state index is 0.132. The SMILES string of the molecule is CS(=O)(=O)c1ccc(C2CNc3cc(Br)ccc3O2)cc1. The summed E-state index contributed by atoms with van der Waals surface area (Å²) in [4.78, 5) is 0.319. The standard InChI is InChI=1S/C15H14BrNO3S/c1-21(18,19)12-5-2-10(3-6-12)15-9-17-13-8-11(16)4-7-14(13)20-15/h2-8,15,17H,9H2,1H3. The molecule has 0 saturated heterocycles. The highest BCUT2D eigenvalue weighted by molar-refractivity contribution is 9.10. The van der Waals surface area contributed by atoms with E-state index in [4.69, 9.17) is 4.74 Å². The third-order valence-corrected chi connectivity index (χ3v) is 4.99. The van der Waals surface area contributed by atoms with Gasteiger partial charge in [-0.3, -0.25) is 0 Å². The van der Waals surface area contributed by atoms with Crippen molar-refractivity contribution in [3.63, 3.8) is 0 Å². The first-order chi connectivity index (χ1) is 9.93. The fourth-order valence-corrected chi connectivity index (χ4v) is 3.25. The van der Waals surface area contributed by atoms with E-state index in [1.807, 2.05) is 18.2 Å². The van der Waals surface area contributed by atoms with Gasteiger partial charge in [0.05, 0.1) is 17.1 Å². The molecule has 1 atom stereocenters. The van der Waals surface area contributed by atoms with Gasteiger partial charge in [-0.1, -0.05) is 28.1 Å². The molecule has 0 radical (unpaired) electrons. The van der Waals surface area contributed by atoms with Gasteiger partial charge in [-0.2, -0.15) is 0 Å². The van der Waals surface area contributed by atoms with Crippen molar-refractivity contribution in [1.29, 1.82) is 0 Å². The second-order valence-electron chi connectivity index (χ2n) is 4.97. The average Bonchev–Trinajstić information content (AvgIpc) is 2.46. The van der Waals surface area contributed by atoms with Crippen molar-refractivity contribution in [1.82, 2.24) is 0 Å². The first kappa shape index (κ1) is 14.4. The largest absolute Gasteiger partial charge is 0.482 e. The average molecular weight is 368 g/mol. The summed E-state index contributed by atoms with van der Waals surface area (Å²) in [5.74, 6) is 0.793. The maximum Gasteiger partial charge on any atom is 0.175 e. The van der Waals surface area contributed by atoms with Crippen molar-refractivity contribution in [3.05, 3.63) is 52.5 Å². The molecule has 0 aliphatic carbocycles. The zero-order valence-electron chi connectivity index (χ0n) is 11.3. The van der Waals surface area contributed by atoms with E-state index < -0.39 is 9.84 Å². The van der Waals surface area contributed by atoms with Gasteiger partial charge in [0.15, 0.2) is 9.84 Å². The molecule has 4 nitrogen and oxygen atoms in total. The van der Waals surface area contributed by atoms with Crippen LogP contribution >= 0.6 is 15.9 Å². The number of benzene rings is 2.